The van der Waals surface area contributed by atoms with Gasteiger partial charge in [-0.2, -0.15) is 0 Å². The van der Waals surface area contributed by atoms with E-state index in [0.717, 1.165) is 11.3 Å². The number of aromatic nitrogens is 1. The van der Waals surface area contributed by atoms with Gasteiger partial charge in [-0.15, -0.1) is 0 Å². The first-order valence-electron chi connectivity index (χ1n) is 5.43. The van der Waals surface area contributed by atoms with Gasteiger partial charge in [0, 0.05) is 16.9 Å². The zero-order chi connectivity index (χ0) is 13.0. The largest absolute Gasteiger partial charge is 0.394 e. The van der Waals surface area contributed by atoms with Crippen LogP contribution >= 0.6 is 23.2 Å². The van der Waals surface area contributed by atoms with E-state index >= 15 is 0 Å². The van der Waals surface area contributed by atoms with Crippen molar-refractivity contribution in [2.24, 2.45) is 0 Å². The van der Waals surface area contributed by atoms with Crippen molar-refractivity contribution in [1.29, 1.82) is 0 Å². The molecule has 0 amide bonds. The van der Waals surface area contributed by atoms with Crippen LogP contribution < -0.4 is 5.32 Å². The Labute approximate surface area is 115 Å². The van der Waals surface area contributed by atoms with Gasteiger partial charge in [0.25, 0.3) is 0 Å². The number of aliphatic hydroxyl groups excluding tert-OH is 1. The number of halogens is 2. The summed E-state index contributed by atoms with van der Waals surface area (Å²) < 4.78 is 0. The number of aliphatic hydroxyl groups is 1. The van der Waals surface area contributed by atoms with Crippen molar-refractivity contribution in [3.05, 3.63) is 58.3 Å². The van der Waals surface area contributed by atoms with Gasteiger partial charge in [0.05, 0.1) is 12.6 Å². The number of anilines is 1. The van der Waals surface area contributed by atoms with Gasteiger partial charge in [0.15, 0.2) is 0 Å². The number of nitrogens with one attached hydrogen (secondary N) is 1. The topological polar surface area (TPSA) is 45.1 Å². The Morgan fingerprint density at radius 2 is 1.89 bits per heavy atom. The fourth-order valence-electron chi connectivity index (χ4n) is 1.62. The number of nitrogens with zero attached hydrogens (tertiary/aromatic N) is 1. The first kappa shape index (κ1) is 13.1. The smallest absolute Gasteiger partial charge is 0.131 e. The Morgan fingerprint density at radius 3 is 2.50 bits per heavy atom. The SMILES string of the molecule is OCC(Nc1ccnc(Cl)c1)c1ccc(Cl)cc1. The van der Waals surface area contributed by atoms with E-state index in [9.17, 15) is 5.11 Å². The highest BCUT2D eigenvalue weighted by Crippen LogP contribution is 2.22. The molecule has 1 atom stereocenters. The molecular formula is C13H12Cl2N2O. The average Bonchev–Trinajstić information content (AvgIpc) is 2.37. The summed E-state index contributed by atoms with van der Waals surface area (Å²) in [5, 5.41) is 13.7. The van der Waals surface area contributed by atoms with Crippen LogP contribution in [-0.2, 0) is 0 Å². The molecule has 0 saturated carbocycles. The molecule has 1 aromatic heterocycles. The molecule has 0 aliphatic carbocycles. The zero-order valence-corrected chi connectivity index (χ0v) is 11.0. The molecule has 5 heteroatoms. The molecule has 2 aromatic rings. The molecule has 0 spiro atoms. The van der Waals surface area contributed by atoms with Crippen molar-refractivity contribution < 1.29 is 5.11 Å². The Bertz CT molecular complexity index is 517. The number of benzene rings is 1. The second kappa shape index (κ2) is 6.05. The Balaban J connectivity index is 2.17. The van der Waals surface area contributed by atoms with E-state index in [-0.39, 0.29) is 12.6 Å². The van der Waals surface area contributed by atoms with Crippen LogP contribution in [0.25, 0.3) is 0 Å². The number of hydrogen-bond acceptors (Lipinski definition) is 3. The van der Waals surface area contributed by atoms with Crippen molar-refractivity contribution in [2.75, 3.05) is 11.9 Å². The van der Waals surface area contributed by atoms with Crippen LogP contribution in [-0.4, -0.2) is 16.7 Å². The summed E-state index contributed by atoms with van der Waals surface area (Å²) in [6.07, 6.45) is 1.61. The lowest BCUT2D eigenvalue weighted by atomic mass is 10.1. The van der Waals surface area contributed by atoms with Gasteiger partial charge >= 0.3 is 0 Å². The Morgan fingerprint density at radius 1 is 1.17 bits per heavy atom. The third kappa shape index (κ3) is 3.35. The lowest BCUT2D eigenvalue weighted by Crippen LogP contribution is -2.14. The number of rotatable bonds is 4. The molecule has 0 saturated heterocycles. The molecule has 0 aliphatic rings. The van der Waals surface area contributed by atoms with Crippen LogP contribution in [0.1, 0.15) is 11.6 Å². The molecule has 3 nitrogen and oxygen atoms in total. The van der Waals surface area contributed by atoms with Gasteiger partial charge in [-0.3, -0.25) is 0 Å². The third-order valence-electron chi connectivity index (χ3n) is 2.52. The molecule has 0 bridgehead atoms. The summed E-state index contributed by atoms with van der Waals surface area (Å²) in [6.45, 7) is -0.0262. The lowest BCUT2D eigenvalue weighted by Gasteiger charge is -2.18. The molecule has 2 rings (SSSR count). The van der Waals surface area contributed by atoms with Crippen molar-refractivity contribution >= 4 is 28.9 Å². The quantitative estimate of drug-likeness (QED) is 0.844. The van der Waals surface area contributed by atoms with Crippen LogP contribution in [0, 0.1) is 0 Å². The third-order valence-corrected chi connectivity index (χ3v) is 2.98. The van der Waals surface area contributed by atoms with Crippen LogP contribution in [0.15, 0.2) is 42.6 Å². The van der Waals surface area contributed by atoms with Crippen LogP contribution in [0.4, 0.5) is 5.69 Å². The predicted octanol–water partition coefficient (Wildman–Crippen LogP) is 3.53. The number of hydrogen-bond donors (Lipinski definition) is 2. The first-order chi connectivity index (χ1) is 8.69. The minimum atomic E-state index is -0.208. The summed E-state index contributed by atoms with van der Waals surface area (Å²) in [7, 11) is 0. The maximum Gasteiger partial charge on any atom is 0.131 e. The normalized spacial score (nSPS) is 12.2. The highest BCUT2D eigenvalue weighted by molar-refractivity contribution is 6.30. The maximum atomic E-state index is 9.44. The summed E-state index contributed by atoms with van der Waals surface area (Å²) >= 11 is 11.6. The second-order valence-electron chi connectivity index (χ2n) is 3.80. The van der Waals surface area contributed by atoms with Crippen molar-refractivity contribution in [1.82, 2.24) is 4.98 Å². The summed E-state index contributed by atoms with van der Waals surface area (Å²) in [6, 6.07) is 10.6. The molecule has 0 aliphatic heterocycles. The molecule has 0 fully saturated rings. The van der Waals surface area contributed by atoms with E-state index in [2.05, 4.69) is 10.3 Å². The van der Waals surface area contributed by atoms with Crippen LogP contribution in [0.5, 0.6) is 0 Å². The highest BCUT2D eigenvalue weighted by Gasteiger charge is 2.10. The molecule has 0 radical (unpaired) electrons. The average molecular weight is 283 g/mol. The molecule has 94 valence electrons. The zero-order valence-electron chi connectivity index (χ0n) is 9.48. The second-order valence-corrected chi connectivity index (χ2v) is 4.62. The predicted molar refractivity (Wildman–Crippen MR) is 74.1 cm³/mol. The van der Waals surface area contributed by atoms with Gasteiger partial charge in [0.2, 0.25) is 0 Å². The highest BCUT2D eigenvalue weighted by atomic mass is 35.5. The van der Waals surface area contributed by atoms with Gasteiger partial charge in [0.1, 0.15) is 5.15 Å². The molecule has 1 heterocycles. The van der Waals surface area contributed by atoms with E-state index in [1.807, 2.05) is 12.1 Å². The summed E-state index contributed by atoms with van der Waals surface area (Å²) in [4.78, 5) is 3.90. The van der Waals surface area contributed by atoms with Gasteiger partial charge in [-0.05, 0) is 29.8 Å². The summed E-state index contributed by atoms with van der Waals surface area (Å²) in [5.74, 6) is 0. The van der Waals surface area contributed by atoms with E-state index in [4.69, 9.17) is 23.2 Å². The van der Waals surface area contributed by atoms with Crippen molar-refractivity contribution in [2.45, 2.75) is 6.04 Å². The minimum absolute atomic E-state index is 0.0262. The number of pyridine rings is 1. The maximum absolute atomic E-state index is 9.44. The Kier molecular flexibility index (Phi) is 4.42. The fourth-order valence-corrected chi connectivity index (χ4v) is 1.92. The molecule has 1 unspecified atom stereocenters. The molecular weight excluding hydrogens is 271 g/mol. The lowest BCUT2D eigenvalue weighted by molar-refractivity contribution is 0.276. The van der Waals surface area contributed by atoms with E-state index < -0.39 is 0 Å². The van der Waals surface area contributed by atoms with Crippen molar-refractivity contribution in [3.8, 4) is 0 Å². The van der Waals surface area contributed by atoms with Gasteiger partial charge in [-0.25, -0.2) is 4.98 Å². The van der Waals surface area contributed by atoms with E-state index in [1.165, 1.54) is 0 Å². The van der Waals surface area contributed by atoms with Gasteiger partial charge in [-0.1, -0.05) is 35.3 Å². The van der Waals surface area contributed by atoms with E-state index in [0.29, 0.717) is 10.2 Å². The fraction of sp³-hybridized carbons (Fsp3) is 0.154. The summed E-state index contributed by atoms with van der Waals surface area (Å²) in [5.41, 5.74) is 1.76. The molecule has 18 heavy (non-hydrogen) atoms. The molecule has 1 aromatic carbocycles. The van der Waals surface area contributed by atoms with Crippen LogP contribution in [0.2, 0.25) is 10.2 Å². The van der Waals surface area contributed by atoms with Gasteiger partial charge < -0.3 is 10.4 Å². The van der Waals surface area contributed by atoms with Crippen molar-refractivity contribution in [3.63, 3.8) is 0 Å². The van der Waals surface area contributed by atoms with E-state index in [1.54, 1.807) is 30.5 Å². The van der Waals surface area contributed by atoms with Crippen LogP contribution in [0.3, 0.4) is 0 Å². The monoisotopic (exact) mass is 282 g/mol. The standard InChI is InChI=1S/C13H12Cl2N2O/c14-10-3-1-9(2-4-10)12(8-18)17-11-5-6-16-13(15)7-11/h1-7,12,18H,8H2,(H,16,17). The Hall–Kier alpha value is -1.29. The minimum Gasteiger partial charge on any atom is -0.394 e. The molecule has 2 N–H and O–H groups in total. The first-order valence-corrected chi connectivity index (χ1v) is 6.19.